The third-order valence-electron chi connectivity index (χ3n) is 4.50. The number of nitro groups is 1. The molecule has 0 fully saturated rings. The average molecular weight is 356 g/mol. The number of hydrogen-bond acceptors (Lipinski definition) is 3. The van der Waals surface area contributed by atoms with Gasteiger partial charge in [0.25, 0.3) is 0 Å². The van der Waals surface area contributed by atoms with Crippen molar-refractivity contribution >= 4 is 5.97 Å². The standard InChI is InChI=1S/C20H37NO4/c1-2-3-4-5-10-13-16-19(21(24)25)17-14-11-8-6-7-9-12-15-18-20(22)23/h17H,2-16,18H2,1H3,(H,22,23). The summed E-state index contributed by atoms with van der Waals surface area (Å²) >= 11 is 0. The van der Waals surface area contributed by atoms with Crippen molar-refractivity contribution in [3.8, 4) is 0 Å². The highest BCUT2D eigenvalue weighted by Crippen LogP contribution is 2.15. The highest BCUT2D eigenvalue weighted by molar-refractivity contribution is 5.66. The molecule has 0 atom stereocenters. The molecule has 0 radical (unpaired) electrons. The number of aliphatic carboxylic acids is 1. The zero-order valence-corrected chi connectivity index (χ0v) is 16.0. The van der Waals surface area contributed by atoms with E-state index >= 15 is 0 Å². The predicted molar refractivity (Wildman–Crippen MR) is 102 cm³/mol. The van der Waals surface area contributed by atoms with Crippen LogP contribution in [0.25, 0.3) is 0 Å². The zero-order chi connectivity index (χ0) is 18.8. The van der Waals surface area contributed by atoms with Gasteiger partial charge in [0.05, 0.1) is 4.92 Å². The van der Waals surface area contributed by atoms with E-state index in [1.165, 1.54) is 25.7 Å². The van der Waals surface area contributed by atoms with Gasteiger partial charge >= 0.3 is 5.97 Å². The van der Waals surface area contributed by atoms with Crippen LogP contribution in [0.2, 0.25) is 0 Å². The van der Waals surface area contributed by atoms with Crippen molar-refractivity contribution in [2.75, 3.05) is 0 Å². The van der Waals surface area contributed by atoms with Gasteiger partial charge in [-0.05, 0) is 31.8 Å². The number of carboxylic acids is 1. The molecule has 5 nitrogen and oxygen atoms in total. The Bertz CT molecular complexity index is 380. The van der Waals surface area contributed by atoms with Crippen molar-refractivity contribution in [1.82, 2.24) is 0 Å². The molecule has 1 N–H and O–H groups in total. The summed E-state index contributed by atoms with van der Waals surface area (Å²) in [5.74, 6) is -0.714. The Hall–Kier alpha value is -1.39. The van der Waals surface area contributed by atoms with E-state index in [1.807, 2.05) is 6.08 Å². The largest absolute Gasteiger partial charge is 0.481 e. The Morgan fingerprint density at radius 2 is 1.32 bits per heavy atom. The van der Waals surface area contributed by atoms with Crippen molar-refractivity contribution in [3.05, 3.63) is 21.9 Å². The fraction of sp³-hybridized carbons (Fsp3) is 0.850. The minimum Gasteiger partial charge on any atom is -0.481 e. The third-order valence-corrected chi connectivity index (χ3v) is 4.50. The van der Waals surface area contributed by atoms with Crippen LogP contribution in [0.1, 0.15) is 110 Å². The van der Waals surface area contributed by atoms with E-state index in [9.17, 15) is 14.9 Å². The molecule has 25 heavy (non-hydrogen) atoms. The summed E-state index contributed by atoms with van der Waals surface area (Å²) in [7, 11) is 0. The van der Waals surface area contributed by atoms with Crippen LogP contribution >= 0.6 is 0 Å². The molecular weight excluding hydrogens is 318 g/mol. The van der Waals surface area contributed by atoms with Crippen LogP contribution in [0.3, 0.4) is 0 Å². The summed E-state index contributed by atoms with van der Waals surface area (Å²) in [6.45, 7) is 2.19. The minimum absolute atomic E-state index is 0.214. The molecule has 146 valence electrons. The number of unbranched alkanes of at least 4 members (excludes halogenated alkanes) is 12. The van der Waals surface area contributed by atoms with Gasteiger partial charge in [-0.25, -0.2) is 0 Å². The number of hydrogen-bond donors (Lipinski definition) is 1. The van der Waals surface area contributed by atoms with Crippen molar-refractivity contribution in [2.24, 2.45) is 0 Å². The SMILES string of the molecule is CCCCCCCCC(=CCCCCCCCCCC(=O)O)[N+](=O)[O-]. The van der Waals surface area contributed by atoms with Crippen LogP contribution in [0.5, 0.6) is 0 Å². The Morgan fingerprint density at radius 3 is 1.84 bits per heavy atom. The molecule has 0 unspecified atom stereocenters. The summed E-state index contributed by atoms with van der Waals surface area (Å²) in [6, 6.07) is 0. The van der Waals surface area contributed by atoms with E-state index in [0.29, 0.717) is 12.1 Å². The van der Waals surface area contributed by atoms with Crippen LogP contribution < -0.4 is 0 Å². The molecule has 0 aliphatic rings. The number of nitrogens with zero attached hydrogens (tertiary/aromatic N) is 1. The van der Waals surface area contributed by atoms with Gasteiger partial charge < -0.3 is 5.11 Å². The molecule has 0 bridgehead atoms. The lowest BCUT2D eigenvalue weighted by Crippen LogP contribution is -1.99. The molecule has 0 aliphatic carbocycles. The fourth-order valence-corrected chi connectivity index (χ4v) is 2.93. The van der Waals surface area contributed by atoms with Gasteiger partial charge in [0.15, 0.2) is 0 Å². The van der Waals surface area contributed by atoms with Crippen LogP contribution in [-0.4, -0.2) is 16.0 Å². The highest BCUT2D eigenvalue weighted by atomic mass is 16.6. The molecule has 0 aromatic heterocycles. The minimum atomic E-state index is -0.714. The van der Waals surface area contributed by atoms with Crippen molar-refractivity contribution < 1.29 is 14.8 Å². The Morgan fingerprint density at radius 1 is 0.840 bits per heavy atom. The molecule has 5 heteroatoms. The maximum atomic E-state index is 11.1. The number of carboxylic acid groups (broad SMARTS) is 1. The molecule has 0 aromatic rings. The second-order valence-corrected chi connectivity index (χ2v) is 6.88. The summed E-state index contributed by atoms with van der Waals surface area (Å²) in [6.07, 6.45) is 17.6. The lowest BCUT2D eigenvalue weighted by atomic mass is 10.1. The van der Waals surface area contributed by atoms with Gasteiger partial charge in [-0.3, -0.25) is 14.9 Å². The van der Waals surface area contributed by atoms with E-state index in [0.717, 1.165) is 64.2 Å². The highest BCUT2D eigenvalue weighted by Gasteiger charge is 2.09. The van der Waals surface area contributed by atoms with Gasteiger partial charge in [-0.2, -0.15) is 0 Å². The molecule has 0 rings (SSSR count). The second kappa shape index (κ2) is 17.4. The van der Waals surface area contributed by atoms with Crippen LogP contribution in [0, 0.1) is 10.1 Å². The van der Waals surface area contributed by atoms with Crippen molar-refractivity contribution in [2.45, 2.75) is 110 Å². The maximum absolute atomic E-state index is 11.1. The van der Waals surface area contributed by atoms with Crippen molar-refractivity contribution in [1.29, 1.82) is 0 Å². The normalized spacial score (nSPS) is 11.6. The first-order valence-electron chi connectivity index (χ1n) is 10.1. The van der Waals surface area contributed by atoms with E-state index in [-0.39, 0.29) is 11.3 Å². The number of rotatable bonds is 18. The van der Waals surface area contributed by atoms with E-state index in [1.54, 1.807) is 0 Å². The van der Waals surface area contributed by atoms with Gasteiger partial charge in [0, 0.05) is 12.8 Å². The Labute approximate surface area is 153 Å². The second-order valence-electron chi connectivity index (χ2n) is 6.88. The first kappa shape index (κ1) is 23.6. The predicted octanol–water partition coefficient (Wildman–Crippen LogP) is 6.49. The van der Waals surface area contributed by atoms with Crippen LogP contribution in [-0.2, 0) is 4.79 Å². The van der Waals surface area contributed by atoms with Gasteiger partial charge in [-0.15, -0.1) is 0 Å². The Kier molecular flexibility index (Phi) is 16.5. The smallest absolute Gasteiger partial charge is 0.303 e. The molecule has 0 spiro atoms. The monoisotopic (exact) mass is 355 g/mol. The summed E-state index contributed by atoms with van der Waals surface area (Å²) in [5, 5.41) is 19.6. The molecule has 0 saturated carbocycles. The summed E-state index contributed by atoms with van der Waals surface area (Å²) in [4.78, 5) is 21.2. The zero-order valence-electron chi connectivity index (χ0n) is 16.0. The van der Waals surface area contributed by atoms with Crippen LogP contribution in [0.4, 0.5) is 0 Å². The lowest BCUT2D eigenvalue weighted by Gasteiger charge is -2.02. The fourth-order valence-electron chi connectivity index (χ4n) is 2.93. The topological polar surface area (TPSA) is 80.4 Å². The van der Waals surface area contributed by atoms with Gasteiger partial charge in [0.1, 0.15) is 0 Å². The lowest BCUT2D eigenvalue weighted by molar-refractivity contribution is -0.428. The van der Waals surface area contributed by atoms with Gasteiger partial charge in [-0.1, -0.05) is 71.1 Å². The summed E-state index contributed by atoms with van der Waals surface area (Å²) in [5.41, 5.74) is 0.393. The molecule has 0 aliphatic heterocycles. The quantitative estimate of drug-likeness (QED) is 0.173. The molecule has 0 heterocycles. The molecule has 0 amide bonds. The molecule has 0 aromatic carbocycles. The Balaban J connectivity index is 3.62. The molecular formula is C20H37NO4. The number of allylic oxidation sites excluding steroid dienone is 2. The first-order valence-corrected chi connectivity index (χ1v) is 10.1. The maximum Gasteiger partial charge on any atom is 0.303 e. The van der Waals surface area contributed by atoms with Crippen LogP contribution in [0.15, 0.2) is 11.8 Å². The summed E-state index contributed by atoms with van der Waals surface area (Å²) < 4.78 is 0. The van der Waals surface area contributed by atoms with E-state index < -0.39 is 5.97 Å². The number of carbonyl (C=O) groups is 1. The average Bonchev–Trinajstić information content (AvgIpc) is 2.57. The third kappa shape index (κ3) is 17.2. The first-order chi connectivity index (χ1) is 12.1. The van der Waals surface area contributed by atoms with Gasteiger partial charge in [0.2, 0.25) is 5.70 Å². The molecule has 0 saturated heterocycles. The van der Waals surface area contributed by atoms with E-state index in [4.69, 9.17) is 5.11 Å². The van der Waals surface area contributed by atoms with Crippen molar-refractivity contribution in [3.63, 3.8) is 0 Å². The van der Waals surface area contributed by atoms with E-state index in [2.05, 4.69) is 6.92 Å².